The van der Waals surface area contributed by atoms with Crippen LogP contribution in [-0.4, -0.2) is 17.7 Å². The second-order valence-electron chi connectivity index (χ2n) is 8.75. The van der Waals surface area contributed by atoms with Crippen LogP contribution in [-0.2, 0) is 10.9 Å². The SMILES string of the molecule is C=CC[B-](CC)(CC)CC.N#Cc1ccc(C(=O)C[S+](c2ccccc2)c2ccccc2)cc1. The summed E-state index contributed by atoms with van der Waals surface area (Å²) in [7, 11) is -0.304. The molecule has 4 heteroatoms. The van der Waals surface area contributed by atoms with E-state index >= 15 is 0 Å². The molecule has 0 bridgehead atoms. The number of hydrogen-bond acceptors (Lipinski definition) is 2. The van der Waals surface area contributed by atoms with Gasteiger partial charge in [-0.3, -0.25) is 4.79 Å². The van der Waals surface area contributed by atoms with Crippen molar-refractivity contribution >= 4 is 22.8 Å². The van der Waals surface area contributed by atoms with E-state index in [4.69, 9.17) is 5.26 Å². The lowest BCUT2D eigenvalue weighted by Crippen LogP contribution is -2.29. The van der Waals surface area contributed by atoms with Gasteiger partial charge in [-0.2, -0.15) is 30.5 Å². The Morgan fingerprint density at radius 1 is 0.853 bits per heavy atom. The van der Waals surface area contributed by atoms with Crippen molar-refractivity contribution in [2.24, 2.45) is 0 Å². The van der Waals surface area contributed by atoms with E-state index in [0.29, 0.717) is 16.9 Å². The van der Waals surface area contributed by atoms with Crippen molar-refractivity contribution < 1.29 is 4.79 Å². The second-order valence-corrected chi connectivity index (χ2v) is 10.8. The number of carbonyl (C=O) groups is 1. The summed E-state index contributed by atoms with van der Waals surface area (Å²) in [5.74, 6) is 0.524. The molecule has 0 spiro atoms. The molecule has 0 aliphatic carbocycles. The van der Waals surface area contributed by atoms with Crippen LogP contribution in [0.4, 0.5) is 0 Å². The maximum Gasteiger partial charge on any atom is 0.212 e. The highest BCUT2D eigenvalue weighted by atomic mass is 32.2. The summed E-state index contributed by atoms with van der Waals surface area (Å²) in [6, 6.07) is 29.2. The zero-order valence-corrected chi connectivity index (χ0v) is 21.6. The molecule has 0 radical (unpaired) electrons. The summed E-state index contributed by atoms with van der Waals surface area (Å²) in [6.07, 6.45) is 7.29. The van der Waals surface area contributed by atoms with Gasteiger partial charge in [-0.05, 0) is 48.5 Å². The number of benzene rings is 3. The van der Waals surface area contributed by atoms with Gasteiger partial charge in [0.15, 0.2) is 15.5 Å². The van der Waals surface area contributed by atoms with Crippen LogP contribution in [0.3, 0.4) is 0 Å². The molecule has 0 aromatic heterocycles. The number of rotatable bonds is 10. The van der Waals surface area contributed by atoms with Crippen LogP contribution in [0.5, 0.6) is 0 Å². The van der Waals surface area contributed by atoms with Crippen LogP contribution in [0.2, 0.25) is 25.3 Å². The topological polar surface area (TPSA) is 40.9 Å². The van der Waals surface area contributed by atoms with Crippen molar-refractivity contribution in [2.45, 2.75) is 55.8 Å². The molecule has 34 heavy (non-hydrogen) atoms. The van der Waals surface area contributed by atoms with Gasteiger partial charge >= 0.3 is 0 Å². The Morgan fingerprint density at radius 2 is 1.32 bits per heavy atom. The average Bonchev–Trinajstić information content (AvgIpc) is 2.91. The highest BCUT2D eigenvalue weighted by molar-refractivity contribution is 7.97. The highest BCUT2D eigenvalue weighted by Gasteiger charge is 2.28. The quantitative estimate of drug-likeness (QED) is 0.130. The Labute approximate surface area is 209 Å². The molecule has 0 amide bonds. The van der Waals surface area contributed by atoms with Crippen LogP contribution >= 0.6 is 0 Å². The third-order valence-electron chi connectivity index (χ3n) is 6.93. The van der Waals surface area contributed by atoms with Crippen molar-refractivity contribution in [3.8, 4) is 6.07 Å². The lowest BCUT2D eigenvalue weighted by atomic mass is 9.19. The summed E-state index contributed by atoms with van der Waals surface area (Å²) in [6.45, 7) is 10.7. The van der Waals surface area contributed by atoms with Crippen LogP contribution in [0, 0.1) is 11.3 Å². The van der Waals surface area contributed by atoms with Gasteiger partial charge in [-0.1, -0.05) is 57.2 Å². The number of ketones is 1. The number of nitriles is 1. The predicted octanol–water partition coefficient (Wildman–Crippen LogP) is 8.16. The largest absolute Gasteiger partial charge is 0.289 e. The van der Waals surface area contributed by atoms with E-state index in [2.05, 4.69) is 63.8 Å². The lowest BCUT2D eigenvalue weighted by molar-refractivity contribution is 0.102. The average molecular weight is 470 g/mol. The summed E-state index contributed by atoms with van der Waals surface area (Å²) in [5.41, 5.74) is 1.22. The molecule has 3 aromatic carbocycles. The van der Waals surface area contributed by atoms with Crippen molar-refractivity contribution in [3.05, 3.63) is 109 Å². The Morgan fingerprint density at radius 3 is 1.68 bits per heavy atom. The molecule has 0 N–H and O–H groups in total. The molecule has 2 nitrogen and oxygen atoms in total. The minimum absolute atomic E-state index is 0.0694. The highest BCUT2D eigenvalue weighted by Crippen LogP contribution is 2.25. The van der Waals surface area contributed by atoms with Gasteiger partial charge in [0.1, 0.15) is 0 Å². The Balaban J connectivity index is 0.000000347. The smallest absolute Gasteiger partial charge is 0.212 e. The van der Waals surface area contributed by atoms with E-state index in [1.807, 2.05) is 36.4 Å². The first kappa shape index (κ1) is 27.2. The molecule has 0 aliphatic rings. The normalized spacial score (nSPS) is 10.7. The third kappa shape index (κ3) is 7.78. The first-order valence-electron chi connectivity index (χ1n) is 12.2. The molecule has 176 valence electrons. The fourth-order valence-electron chi connectivity index (χ4n) is 4.14. The maximum atomic E-state index is 12.7. The fraction of sp³-hybridized carbons (Fsp3) is 0.267. The van der Waals surface area contributed by atoms with E-state index in [9.17, 15) is 4.79 Å². The Kier molecular flexibility index (Phi) is 11.4. The van der Waals surface area contributed by atoms with Crippen LogP contribution in [0.1, 0.15) is 36.7 Å². The molecule has 0 atom stereocenters. The van der Waals surface area contributed by atoms with Crippen molar-refractivity contribution in [3.63, 3.8) is 0 Å². The van der Waals surface area contributed by atoms with Crippen LogP contribution < -0.4 is 0 Å². The van der Waals surface area contributed by atoms with E-state index in [-0.39, 0.29) is 22.8 Å². The fourth-order valence-corrected chi connectivity index (χ4v) is 6.14. The molecule has 0 fully saturated rings. The van der Waals surface area contributed by atoms with E-state index in [1.54, 1.807) is 24.3 Å². The molecule has 3 aromatic rings. The molecular weight excluding hydrogens is 433 g/mol. The Bertz CT molecular complexity index is 1010. The molecule has 0 heterocycles. The number of nitrogens with zero attached hydrogens (tertiary/aromatic N) is 1. The number of allylic oxidation sites excluding steroid dienone is 1. The molecule has 0 saturated carbocycles. The van der Waals surface area contributed by atoms with Gasteiger partial charge in [0.2, 0.25) is 5.78 Å². The van der Waals surface area contributed by atoms with Crippen molar-refractivity contribution in [2.75, 3.05) is 5.75 Å². The summed E-state index contributed by atoms with van der Waals surface area (Å²) in [5, 5.41) is 8.88. The number of Topliss-reactive ketones (excluding diaryl/α,β-unsaturated/α-hetero) is 1. The number of carbonyl (C=O) groups excluding carboxylic acids is 1. The second kappa shape index (κ2) is 14.3. The van der Waals surface area contributed by atoms with Crippen molar-refractivity contribution in [1.29, 1.82) is 5.26 Å². The monoisotopic (exact) mass is 469 g/mol. The minimum Gasteiger partial charge on any atom is -0.289 e. The van der Waals surface area contributed by atoms with Crippen LogP contribution in [0.25, 0.3) is 0 Å². The van der Waals surface area contributed by atoms with Gasteiger partial charge < -0.3 is 0 Å². The van der Waals surface area contributed by atoms with Crippen LogP contribution in [0.15, 0.2) is 107 Å². The molecule has 3 rings (SSSR count). The zero-order valence-electron chi connectivity index (χ0n) is 20.7. The van der Waals surface area contributed by atoms with Gasteiger partial charge in [0, 0.05) is 11.7 Å². The first-order chi connectivity index (χ1) is 16.5. The summed E-state index contributed by atoms with van der Waals surface area (Å²) in [4.78, 5) is 15.0. The molecule has 0 unspecified atom stereocenters. The van der Waals surface area contributed by atoms with Gasteiger partial charge in [-0.15, -0.1) is 12.7 Å². The lowest BCUT2D eigenvalue weighted by Gasteiger charge is -2.34. The maximum absolute atomic E-state index is 12.7. The van der Waals surface area contributed by atoms with Gasteiger partial charge in [-0.25, -0.2) is 0 Å². The summed E-state index contributed by atoms with van der Waals surface area (Å²) < 4.78 is 0. The van der Waals surface area contributed by atoms with E-state index < -0.39 is 0 Å². The Hall–Kier alpha value is -3.03. The number of hydrogen-bond donors (Lipinski definition) is 0. The third-order valence-corrected chi connectivity index (χ3v) is 9.16. The minimum atomic E-state index is -0.304. The van der Waals surface area contributed by atoms with E-state index in [1.165, 1.54) is 25.3 Å². The molecule has 0 aliphatic heterocycles. The zero-order chi connectivity index (χ0) is 24.8. The standard InChI is InChI=1S/C21H16NOS.C9H20B/c22-15-17-11-13-18(14-12-17)21(23)16-24(19-7-3-1-4-8-19)20-9-5-2-6-10-20;1-5-9-10(6-2,7-3)8-4/h1-14H,16H2;5H,1,6-9H2,2-4H3/q+1;-1. The van der Waals surface area contributed by atoms with Gasteiger partial charge in [0.25, 0.3) is 0 Å². The molecule has 0 saturated heterocycles. The molecular formula is C30H36BNOS. The van der Waals surface area contributed by atoms with Gasteiger partial charge in [0.05, 0.1) is 22.5 Å². The van der Waals surface area contributed by atoms with Crippen molar-refractivity contribution in [1.82, 2.24) is 0 Å². The first-order valence-corrected chi connectivity index (χ1v) is 13.6. The van der Waals surface area contributed by atoms with E-state index in [0.717, 1.165) is 9.79 Å². The predicted molar refractivity (Wildman–Crippen MR) is 149 cm³/mol. The summed E-state index contributed by atoms with van der Waals surface area (Å²) >= 11 is 0.